The molecule has 0 aromatic rings. The van der Waals surface area contributed by atoms with Crippen LogP contribution >= 0.6 is 0 Å². The molecule has 2 atom stereocenters. The Balaban J connectivity index is 3.21. The van der Waals surface area contributed by atoms with Crippen molar-refractivity contribution in [2.24, 2.45) is 5.92 Å². The Labute approximate surface area is 218 Å². The summed E-state index contributed by atoms with van der Waals surface area (Å²) in [5.41, 5.74) is 0. The van der Waals surface area contributed by atoms with E-state index in [1.165, 1.54) is 167 Å². The van der Waals surface area contributed by atoms with Gasteiger partial charge in [-0.1, -0.05) is 175 Å². The lowest BCUT2D eigenvalue weighted by Gasteiger charge is -2.22. The monoisotopic (exact) mass is 480 g/mol. The van der Waals surface area contributed by atoms with Crippen LogP contribution in [0.2, 0.25) is 0 Å². The van der Waals surface area contributed by atoms with Crippen molar-refractivity contribution in [2.45, 2.75) is 194 Å². The lowest BCUT2D eigenvalue weighted by Crippen LogP contribution is -2.26. The first-order chi connectivity index (χ1) is 16.6. The SMILES string of the molecule is CCCCCCCCCCCCCCCCCCCCC(C)CCCCCCC(CC)N(C)C. The van der Waals surface area contributed by atoms with Gasteiger partial charge in [0, 0.05) is 6.04 Å². The smallest absolute Gasteiger partial charge is 0.00865 e. The van der Waals surface area contributed by atoms with E-state index in [0.29, 0.717) is 0 Å². The van der Waals surface area contributed by atoms with Gasteiger partial charge in [-0.25, -0.2) is 0 Å². The minimum Gasteiger partial charge on any atom is -0.306 e. The van der Waals surface area contributed by atoms with Crippen molar-refractivity contribution >= 4 is 0 Å². The topological polar surface area (TPSA) is 3.24 Å². The standard InChI is InChI=1S/C33H69N/c1-6-8-9-10-11-12-13-14-15-16-17-18-19-20-21-22-23-26-29-32(3)30-27-24-25-28-31-33(7-2)34(4)5/h32-33H,6-31H2,1-5H3. The van der Waals surface area contributed by atoms with Crippen molar-refractivity contribution in [1.29, 1.82) is 0 Å². The molecule has 0 heterocycles. The minimum absolute atomic E-state index is 0.795. The molecule has 2 unspecified atom stereocenters. The van der Waals surface area contributed by atoms with Gasteiger partial charge in [-0.15, -0.1) is 0 Å². The van der Waals surface area contributed by atoms with Crippen molar-refractivity contribution in [1.82, 2.24) is 4.90 Å². The van der Waals surface area contributed by atoms with Gasteiger partial charge in [0.2, 0.25) is 0 Å². The molecule has 0 aliphatic heterocycles. The average Bonchev–Trinajstić information content (AvgIpc) is 2.82. The van der Waals surface area contributed by atoms with Crippen LogP contribution in [0.3, 0.4) is 0 Å². The molecular weight excluding hydrogens is 410 g/mol. The normalized spacial score (nSPS) is 13.6. The molecule has 0 amide bonds. The van der Waals surface area contributed by atoms with E-state index in [0.717, 1.165) is 12.0 Å². The van der Waals surface area contributed by atoms with Gasteiger partial charge in [0.25, 0.3) is 0 Å². The quantitative estimate of drug-likeness (QED) is 0.101. The van der Waals surface area contributed by atoms with Crippen LogP contribution in [0.15, 0.2) is 0 Å². The number of hydrogen-bond acceptors (Lipinski definition) is 1. The lowest BCUT2D eigenvalue weighted by atomic mass is 9.95. The summed E-state index contributed by atoms with van der Waals surface area (Å²) in [6.45, 7) is 7.12. The van der Waals surface area contributed by atoms with E-state index in [2.05, 4.69) is 39.8 Å². The van der Waals surface area contributed by atoms with Gasteiger partial charge in [-0.05, 0) is 32.9 Å². The Kier molecular flexibility index (Phi) is 27.5. The summed E-state index contributed by atoms with van der Waals surface area (Å²) in [5.74, 6) is 0.950. The Morgan fingerprint density at radius 1 is 0.412 bits per heavy atom. The molecule has 0 spiro atoms. The zero-order chi connectivity index (χ0) is 25.1. The molecular formula is C33H69N. The summed E-state index contributed by atoms with van der Waals surface area (Å²) >= 11 is 0. The second kappa shape index (κ2) is 27.5. The summed E-state index contributed by atoms with van der Waals surface area (Å²) in [7, 11) is 4.46. The van der Waals surface area contributed by atoms with Crippen LogP contribution in [0.1, 0.15) is 188 Å². The molecule has 0 bridgehead atoms. The van der Waals surface area contributed by atoms with E-state index < -0.39 is 0 Å². The number of unbranched alkanes of at least 4 members (excludes halogenated alkanes) is 20. The van der Waals surface area contributed by atoms with Crippen LogP contribution in [0.5, 0.6) is 0 Å². The van der Waals surface area contributed by atoms with Crippen molar-refractivity contribution in [3.8, 4) is 0 Å². The van der Waals surface area contributed by atoms with Gasteiger partial charge < -0.3 is 4.90 Å². The van der Waals surface area contributed by atoms with E-state index in [1.807, 2.05) is 0 Å². The number of hydrogen-bond donors (Lipinski definition) is 0. The van der Waals surface area contributed by atoms with Crippen molar-refractivity contribution < 1.29 is 0 Å². The second-order valence-corrected chi connectivity index (χ2v) is 11.9. The van der Waals surface area contributed by atoms with Crippen LogP contribution in [0.4, 0.5) is 0 Å². The van der Waals surface area contributed by atoms with Gasteiger partial charge in [-0.2, -0.15) is 0 Å². The Bertz CT molecular complexity index is 364. The molecule has 0 radical (unpaired) electrons. The highest BCUT2D eigenvalue weighted by atomic mass is 15.1. The first-order valence-electron chi connectivity index (χ1n) is 16.3. The molecule has 0 aliphatic carbocycles. The third-order valence-corrected chi connectivity index (χ3v) is 8.24. The van der Waals surface area contributed by atoms with E-state index in [1.54, 1.807) is 0 Å². The maximum absolute atomic E-state index is 2.49. The zero-order valence-corrected chi connectivity index (χ0v) is 25.0. The van der Waals surface area contributed by atoms with Crippen LogP contribution in [-0.4, -0.2) is 25.0 Å². The van der Waals surface area contributed by atoms with Gasteiger partial charge >= 0.3 is 0 Å². The highest BCUT2D eigenvalue weighted by Gasteiger charge is 2.08. The molecule has 0 aromatic heterocycles. The molecule has 1 nitrogen and oxygen atoms in total. The van der Waals surface area contributed by atoms with E-state index in [4.69, 9.17) is 0 Å². The number of nitrogens with zero attached hydrogens (tertiary/aromatic N) is 1. The fourth-order valence-electron chi connectivity index (χ4n) is 5.59. The molecule has 34 heavy (non-hydrogen) atoms. The Morgan fingerprint density at radius 2 is 0.706 bits per heavy atom. The van der Waals surface area contributed by atoms with Crippen LogP contribution < -0.4 is 0 Å². The molecule has 1 heteroatoms. The summed E-state index contributed by atoms with van der Waals surface area (Å²) in [4.78, 5) is 2.40. The van der Waals surface area contributed by atoms with Crippen molar-refractivity contribution in [3.05, 3.63) is 0 Å². The third kappa shape index (κ3) is 25.1. The van der Waals surface area contributed by atoms with Gasteiger partial charge in [0.15, 0.2) is 0 Å². The summed E-state index contributed by atoms with van der Waals surface area (Å²) in [6.07, 6.45) is 37.9. The van der Waals surface area contributed by atoms with Crippen LogP contribution in [0, 0.1) is 5.92 Å². The summed E-state index contributed by atoms with van der Waals surface area (Å²) in [6, 6.07) is 0.795. The predicted molar refractivity (Wildman–Crippen MR) is 158 cm³/mol. The van der Waals surface area contributed by atoms with Crippen molar-refractivity contribution in [3.63, 3.8) is 0 Å². The first kappa shape index (κ1) is 34.0. The summed E-state index contributed by atoms with van der Waals surface area (Å²) < 4.78 is 0. The maximum Gasteiger partial charge on any atom is 0.00865 e. The van der Waals surface area contributed by atoms with Crippen LogP contribution in [-0.2, 0) is 0 Å². The number of rotatable bonds is 28. The first-order valence-corrected chi connectivity index (χ1v) is 16.3. The predicted octanol–water partition coefficient (Wildman–Crippen LogP) is 11.7. The highest BCUT2D eigenvalue weighted by molar-refractivity contribution is 4.64. The fraction of sp³-hybridized carbons (Fsp3) is 1.00. The molecule has 0 aromatic carbocycles. The van der Waals surface area contributed by atoms with Gasteiger partial charge in [0.1, 0.15) is 0 Å². The molecule has 0 saturated carbocycles. The van der Waals surface area contributed by atoms with E-state index in [-0.39, 0.29) is 0 Å². The second-order valence-electron chi connectivity index (χ2n) is 11.9. The Hall–Kier alpha value is -0.0400. The van der Waals surface area contributed by atoms with Crippen molar-refractivity contribution in [2.75, 3.05) is 14.1 Å². The zero-order valence-electron chi connectivity index (χ0n) is 25.0. The molecule has 0 fully saturated rings. The van der Waals surface area contributed by atoms with Gasteiger partial charge in [0.05, 0.1) is 0 Å². The van der Waals surface area contributed by atoms with Gasteiger partial charge in [-0.3, -0.25) is 0 Å². The van der Waals surface area contributed by atoms with E-state index >= 15 is 0 Å². The molecule has 0 N–H and O–H groups in total. The maximum atomic E-state index is 2.49. The molecule has 0 aliphatic rings. The fourth-order valence-corrected chi connectivity index (χ4v) is 5.59. The third-order valence-electron chi connectivity index (χ3n) is 8.24. The molecule has 0 rings (SSSR count). The van der Waals surface area contributed by atoms with Crippen LogP contribution in [0.25, 0.3) is 0 Å². The highest BCUT2D eigenvalue weighted by Crippen LogP contribution is 2.20. The minimum atomic E-state index is 0.795. The Morgan fingerprint density at radius 3 is 1.00 bits per heavy atom. The summed E-state index contributed by atoms with van der Waals surface area (Å²) in [5, 5.41) is 0. The average molecular weight is 480 g/mol. The van der Waals surface area contributed by atoms with E-state index in [9.17, 15) is 0 Å². The molecule has 206 valence electrons. The lowest BCUT2D eigenvalue weighted by molar-refractivity contribution is 0.264. The largest absolute Gasteiger partial charge is 0.306 e. The molecule has 0 saturated heterocycles.